The molecule has 10 nitrogen and oxygen atoms in total. The SMILES string of the molecule is CSc1ncc2c(n1)NCCN(c1cccc(-n3cc(CN(C)C(=O)OC(C)(C)C)cn3)c1)C2=O. The van der Waals surface area contributed by atoms with E-state index >= 15 is 0 Å². The van der Waals surface area contributed by atoms with E-state index in [0.717, 1.165) is 16.9 Å². The van der Waals surface area contributed by atoms with Gasteiger partial charge in [0.25, 0.3) is 5.91 Å². The highest BCUT2D eigenvalue weighted by Crippen LogP contribution is 2.26. The fourth-order valence-corrected chi connectivity index (χ4v) is 3.94. The summed E-state index contributed by atoms with van der Waals surface area (Å²) in [7, 11) is 1.69. The number of fused-ring (bicyclic) bond motifs is 1. The molecular formula is C24H29N7O3S. The topological polar surface area (TPSA) is 105 Å². The lowest BCUT2D eigenvalue weighted by molar-refractivity contribution is 0.0285. The molecule has 0 fully saturated rings. The number of nitrogens with one attached hydrogen (secondary N) is 1. The Morgan fingerprint density at radius 2 is 2.03 bits per heavy atom. The summed E-state index contributed by atoms with van der Waals surface area (Å²) in [5.74, 6) is 0.397. The van der Waals surface area contributed by atoms with Crippen molar-refractivity contribution in [2.45, 2.75) is 38.1 Å². The van der Waals surface area contributed by atoms with Crippen LogP contribution in [0.2, 0.25) is 0 Å². The van der Waals surface area contributed by atoms with Crippen LogP contribution in [0.3, 0.4) is 0 Å². The van der Waals surface area contributed by atoms with Crippen LogP contribution >= 0.6 is 11.8 Å². The van der Waals surface area contributed by atoms with E-state index in [0.29, 0.717) is 36.2 Å². The van der Waals surface area contributed by atoms with Gasteiger partial charge in [-0.05, 0) is 45.2 Å². The zero-order valence-corrected chi connectivity index (χ0v) is 21.3. The lowest BCUT2D eigenvalue weighted by Crippen LogP contribution is -2.33. The van der Waals surface area contributed by atoms with Crippen molar-refractivity contribution in [1.82, 2.24) is 24.6 Å². The minimum atomic E-state index is -0.555. The van der Waals surface area contributed by atoms with Gasteiger partial charge in [-0.25, -0.2) is 19.4 Å². The monoisotopic (exact) mass is 495 g/mol. The average molecular weight is 496 g/mol. The summed E-state index contributed by atoms with van der Waals surface area (Å²) < 4.78 is 7.14. The zero-order valence-electron chi connectivity index (χ0n) is 20.5. The molecule has 0 saturated carbocycles. The molecule has 1 aliphatic rings. The third kappa shape index (κ3) is 5.73. The Labute approximate surface area is 208 Å². The van der Waals surface area contributed by atoms with Crippen LogP contribution in [0, 0.1) is 0 Å². The Balaban J connectivity index is 1.52. The molecule has 0 aliphatic carbocycles. The fourth-order valence-electron chi connectivity index (χ4n) is 3.60. The van der Waals surface area contributed by atoms with Crippen LogP contribution in [0.25, 0.3) is 5.69 Å². The minimum Gasteiger partial charge on any atom is -0.444 e. The molecule has 2 aromatic heterocycles. The van der Waals surface area contributed by atoms with Crippen LogP contribution in [-0.2, 0) is 11.3 Å². The molecular weight excluding hydrogens is 466 g/mol. The number of carbonyl (C=O) groups is 2. The lowest BCUT2D eigenvalue weighted by atomic mass is 10.2. The van der Waals surface area contributed by atoms with Crippen LogP contribution in [0.4, 0.5) is 16.3 Å². The number of hydrogen-bond acceptors (Lipinski definition) is 8. The van der Waals surface area contributed by atoms with Crippen molar-refractivity contribution in [2.24, 2.45) is 0 Å². The molecule has 0 saturated heterocycles. The molecule has 3 aromatic rings. The first-order valence-corrected chi connectivity index (χ1v) is 12.4. The van der Waals surface area contributed by atoms with Gasteiger partial charge in [-0.3, -0.25) is 4.79 Å². The molecule has 35 heavy (non-hydrogen) atoms. The summed E-state index contributed by atoms with van der Waals surface area (Å²) >= 11 is 1.43. The Hall–Kier alpha value is -3.60. The molecule has 0 unspecified atom stereocenters. The summed E-state index contributed by atoms with van der Waals surface area (Å²) in [6.45, 7) is 6.92. The molecule has 0 bridgehead atoms. The van der Waals surface area contributed by atoms with Gasteiger partial charge < -0.3 is 19.9 Å². The number of ether oxygens (including phenoxy) is 1. The molecule has 2 amide bonds. The van der Waals surface area contributed by atoms with Gasteiger partial charge >= 0.3 is 6.09 Å². The van der Waals surface area contributed by atoms with E-state index in [1.807, 2.05) is 57.5 Å². The molecule has 4 rings (SSSR count). The molecule has 0 atom stereocenters. The van der Waals surface area contributed by atoms with Gasteiger partial charge in [0.1, 0.15) is 17.0 Å². The molecule has 1 aliphatic heterocycles. The van der Waals surface area contributed by atoms with E-state index in [2.05, 4.69) is 20.4 Å². The second-order valence-electron chi connectivity index (χ2n) is 9.15. The molecule has 1 N–H and O–H groups in total. The summed E-state index contributed by atoms with van der Waals surface area (Å²) in [5, 5.41) is 8.30. The number of rotatable bonds is 5. The van der Waals surface area contributed by atoms with Crippen molar-refractivity contribution < 1.29 is 14.3 Å². The smallest absolute Gasteiger partial charge is 0.410 e. The second kappa shape index (κ2) is 9.95. The van der Waals surface area contributed by atoms with E-state index in [1.54, 1.807) is 29.0 Å². The Morgan fingerprint density at radius 3 is 2.77 bits per heavy atom. The van der Waals surface area contributed by atoms with Gasteiger partial charge in [-0.1, -0.05) is 17.8 Å². The van der Waals surface area contributed by atoms with E-state index in [1.165, 1.54) is 16.7 Å². The normalized spacial score (nSPS) is 13.6. The molecule has 1 aromatic carbocycles. The van der Waals surface area contributed by atoms with Crippen molar-refractivity contribution in [3.8, 4) is 5.69 Å². The second-order valence-corrected chi connectivity index (χ2v) is 9.93. The highest BCUT2D eigenvalue weighted by molar-refractivity contribution is 7.98. The largest absolute Gasteiger partial charge is 0.444 e. The molecule has 0 radical (unpaired) electrons. The summed E-state index contributed by atoms with van der Waals surface area (Å²) in [4.78, 5) is 37.5. The minimum absolute atomic E-state index is 0.157. The molecule has 3 heterocycles. The van der Waals surface area contributed by atoms with Crippen LogP contribution in [0.15, 0.2) is 48.0 Å². The average Bonchev–Trinajstić information content (AvgIpc) is 3.22. The summed E-state index contributed by atoms with van der Waals surface area (Å²) in [5.41, 5.74) is 2.29. The third-order valence-electron chi connectivity index (χ3n) is 5.22. The lowest BCUT2D eigenvalue weighted by Gasteiger charge is -2.24. The molecule has 184 valence electrons. The predicted octanol–water partition coefficient (Wildman–Crippen LogP) is 3.82. The first kappa shape index (κ1) is 24.5. The molecule has 0 spiro atoms. The summed E-state index contributed by atoms with van der Waals surface area (Å²) in [6, 6.07) is 7.61. The Bertz CT molecular complexity index is 1240. The maximum absolute atomic E-state index is 13.3. The number of nitrogens with zero attached hydrogens (tertiary/aromatic N) is 6. The van der Waals surface area contributed by atoms with Crippen LogP contribution in [0.5, 0.6) is 0 Å². The molecule has 11 heteroatoms. The van der Waals surface area contributed by atoms with Crippen molar-refractivity contribution >= 4 is 35.3 Å². The van der Waals surface area contributed by atoms with Crippen LogP contribution < -0.4 is 10.2 Å². The highest BCUT2D eigenvalue weighted by Gasteiger charge is 2.26. The number of anilines is 2. The van der Waals surface area contributed by atoms with Crippen molar-refractivity contribution in [1.29, 1.82) is 0 Å². The van der Waals surface area contributed by atoms with Gasteiger partial charge in [0.2, 0.25) is 0 Å². The Kier molecular flexibility index (Phi) is 6.97. The van der Waals surface area contributed by atoms with Gasteiger partial charge in [-0.15, -0.1) is 0 Å². The number of carbonyl (C=O) groups excluding carboxylic acids is 2. The fraction of sp³-hybridized carbons (Fsp3) is 0.375. The Morgan fingerprint density at radius 1 is 1.26 bits per heavy atom. The first-order chi connectivity index (χ1) is 16.6. The van der Waals surface area contributed by atoms with Crippen LogP contribution in [-0.4, -0.2) is 68.6 Å². The number of aromatic nitrogens is 4. The maximum Gasteiger partial charge on any atom is 0.410 e. The van der Waals surface area contributed by atoms with E-state index in [9.17, 15) is 9.59 Å². The van der Waals surface area contributed by atoms with Gasteiger partial charge in [0, 0.05) is 43.8 Å². The van der Waals surface area contributed by atoms with Gasteiger partial charge in [-0.2, -0.15) is 5.10 Å². The standard InChI is InChI=1S/C24H29N7O3S/c1-24(2,3)34-23(33)29(4)14-16-12-27-31(15-16)18-8-6-7-17(11-18)30-10-9-25-20-19(21(30)32)13-26-22(28-20)35-5/h6-8,11-13,15H,9-10,14H2,1-5H3,(H,25,26,28). The third-order valence-corrected chi connectivity index (χ3v) is 5.78. The van der Waals surface area contributed by atoms with Crippen molar-refractivity contribution in [3.63, 3.8) is 0 Å². The quantitative estimate of drug-likeness (QED) is 0.421. The van der Waals surface area contributed by atoms with E-state index in [-0.39, 0.29) is 5.91 Å². The van der Waals surface area contributed by atoms with E-state index < -0.39 is 11.7 Å². The zero-order chi connectivity index (χ0) is 25.2. The number of amides is 2. The van der Waals surface area contributed by atoms with Gasteiger partial charge in [0.15, 0.2) is 5.16 Å². The summed E-state index contributed by atoms with van der Waals surface area (Å²) in [6.07, 6.45) is 6.65. The number of benzene rings is 1. The highest BCUT2D eigenvalue weighted by atomic mass is 32.2. The van der Waals surface area contributed by atoms with Crippen LogP contribution in [0.1, 0.15) is 36.7 Å². The van der Waals surface area contributed by atoms with E-state index in [4.69, 9.17) is 4.74 Å². The van der Waals surface area contributed by atoms with Gasteiger partial charge in [0.05, 0.1) is 18.4 Å². The number of thioether (sulfide) groups is 1. The van der Waals surface area contributed by atoms with Crippen molar-refractivity contribution in [2.75, 3.05) is 36.6 Å². The number of hydrogen-bond donors (Lipinski definition) is 1. The predicted molar refractivity (Wildman–Crippen MR) is 135 cm³/mol. The van der Waals surface area contributed by atoms with Crippen molar-refractivity contribution in [3.05, 3.63) is 54.0 Å². The maximum atomic E-state index is 13.3. The first-order valence-electron chi connectivity index (χ1n) is 11.2.